The highest BCUT2D eigenvalue weighted by Gasteiger charge is 1.92. The molecule has 0 atom stereocenters. The maximum absolute atomic E-state index is 4.81. The highest BCUT2D eigenvalue weighted by Crippen LogP contribution is 2.06. The number of benzene rings is 1. The fourth-order valence-electron chi connectivity index (χ4n) is 0.850. The van der Waals surface area contributed by atoms with Crippen molar-refractivity contribution in [2.45, 2.75) is 13.5 Å². The van der Waals surface area contributed by atoms with Gasteiger partial charge in [-0.25, -0.2) is 0 Å². The van der Waals surface area contributed by atoms with Crippen LogP contribution in [0.5, 0.6) is 0 Å². The Hall–Kier alpha value is -0.603. The van der Waals surface area contributed by atoms with Gasteiger partial charge < -0.3 is 4.43 Å². The molecular formula is C8H9OSi. The maximum atomic E-state index is 4.81. The van der Waals surface area contributed by atoms with E-state index in [1.165, 1.54) is 11.1 Å². The van der Waals surface area contributed by atoms with Gasteiger partial charge in [-0.2, -0.15) is 0 Å². The molecule has 0 heterocycles. The summed E-state index contributed by atoms with van der Waals surface area (Å²) in [7, 11) is 2.96. The zero-order chi connectivity index (χ0) is 7.40. The van der Waals surface area contributed by atoms with Crippen molar-refractivity contribution < 1.29 is 4.43 Å². The van der Waals surface area contributed by atoms with Gasteiger partial charge in [0.05, 0.1) is 6.61 Å². The van der Waals surface area contributed by atoms with Crippen molar-refractivity contribution in [3.05, 3.63) is 35.4 Å². The monoisotopic (exact) mass is 149 g/mol. The minimum absolute atomic E-state index is 0.629. The highest BCUT2D eigenvalue weighted by atomic mass is 28.2. The van der Waals surface area contributed by atoms with Crippen molar-refractivity contribution in [1.82, 2.24) is 0 Å². The molecule has 0 unspecified atom stereocenters. The molecule has 0 bridgehead atoms. The standard InChI is InChI=1S/C8H9OSi/c1-7-4-2-3-5-8(7)6-9-10/h2-5H,6H2,1H3. The predicted molar refractivity (Wildman–Crippen MR) is 41.7 cm³/mol. The summed E-state index contributed by atoms with van der Waals surface area (Å²) in [6.07, 6.45) is 0. The van der Waals surface area contributed by atoms with Gasteiger partial charge in [0.15, 0.2) is 0 Å². The molecule has 1 rings (SSSR count). The topological polar surface area (TPSA) is 9.23 Å². The summed E-state index contributed by atoms with van der Waals surface area (Å²) in [5, 5.41) is 0. The Morgan fingerprint density at radius 1 is 1.40 bits per heavy atom. The zero-order valence-corrected chi connectivity index (χ0v) is 6.92. The van der Waals surface area contributed by atoms with Crippen LogP contribution in [-0.4, -0.2) is 10.5 Å². The molecule has 0 aliphatic carbocycles. The van der Waals surface area contributed by atoms with Gasteiger partial charge in [0.1, 0.15) is 0 Å². The summed E-state index contributed by atoms with van der Waals surface area (Å²) in [5.41, 5.74) is 2.48. The Morgan fingerprint density at radius 3 is 2.70 bits per heavy atom. The lowest BCUT2D eigenvalue weighted by Gasteiger charge is -2.01. The van der Waals surface area contributed by atoms with E-state index in [0.29, 0.717) is 6.61 Å². The lowest BCUT2D eigenvalue weighted by atomic mass is 10.1. The van der Waals surface area contributed by atoms with Crippen molar-refractivity contribution in [2.24, 2.45) is 0 Å². The molecule has 1 aromatic carbocycles. The number of hydrogen-bond acceptors (Lipinski definition) is 1. The molecule has 0 fully saturated rings. The molecule has 0 saturated heterocycles. The van der Waals surface area contributed by atoms with Crippen LogP contribution in [-0.2, 0) is 11.0 Å². The minimum Gasteiger partial charge on any atom is -0.414 e. The van der Waals surface area contributed by atoms with E-state index in [9.17, 15) is 0 Å². The molecule has 51 valence electrons. The lowest BCUT2D eigenvalue weighted by Crippen LogP contribution is -1.90. The van der Waals surface area contributed by atoms with Crippen LogP contribution in [0.15, 0.2) is 24.3 Å². The molecule has 0 aliphatic heterocycles. The predicted octanol–water partition coefficient (Wildman–Crippen LogP) is 1.60. The van der Waals surface area contributed by atoms with E-state index in [4.69, 9.17) is 4.43 Å². The molecule has 1 aromatic rings. The van der Waals surface area contributed by atoms with E-state index in [2.05, 4.69) is 29.5 Å². The van der Waals surface area contributed by atoms with Gasteiger partial charge in [0, 0.05) is 0 Å². The van der Waals surface area contributed by atoms with Crippen LogP contribution in [0.4, 0.5) is 0 Å². The second kappa shape index (κ2) is 3.54. The molecule has 0 aliphatic rings. The third-order valence-electron chi connectivity index (χ3n) is 1.49. The summed E-state index contributed by atoms with van der Waals surface area (Å²) >= 11 is 0. The minimum atomic E-state index is 0.629. The van der Waals surface area contributed by atoms with Gasteiger partial charge in [0.2, 0.25) is 10.5 Å². The van der Waals surface area contributed by atoms with Crippen molar-refractivity contribution in [3.63, 3.8) is 0 Å². The van der Waals surface area contributed by atoms with E-state index >= 15 is 0 Å². The van der Waals surface area contributed by atoms with Gasteiger partial charge in [-0.1, -0.05) is 24.3 Å². The first-order chi connectivity index (χ1) is 4.84. The molecule has 0 aromatic heterocycles. The Balaban J connectivity index is 2.81. The number of rotatable bonds is 2. The van der Waals surface area contributed by atoms with Crippen LogP contribution < -0.4 is 0 Å². The molecule has 1 nitrogen and oxygen atoms in total. The quantitative estimate of drug-likeness (QED) is 0.580. The second-order valence-electron chi connectivity index (χ2n) is 2.22. The van der Waals surface area contributed by atoms with Crippen molar-refractivity contribution in [2.75, 3.05) is 0 Å². The first-order valence-corrected chi connectivity index (χ1v) is 3.58. The van der Waals surface area contributed by atoms with Crippen molar-refractivity contribution >= 4 is 10.5 Å². The maximum Gasteiger partial charge on any atom is 0.246 e. The van der Waals surface area contributed by atoms with Crippen LogP contribution in [0, 0.1) is 6.92 Å². The first-order valence-electron chi connectivity index (χ1n) is 3.17. The van der Waals surface area contributed by atoms with Crippen molar-refractivity contribution in [3.8, 4) is 0 Å². The fourth-order valence-corrected chi connectivity index (χ4v) is 1.01. The Morgan fingerprint density at radius 2 is 2.10 bits per heavy atom. The Labute approximate surface area is 64.6 Å². The molecule has 2 heteroatoms. The van der Waals surface area contributed by atoms with Crippen LogP contribution >= 0.6 is 0 Å². The molecule has 10 heavy (non-hydrogen) atoms. The third-order valence-corrected chi connectivity index (χ3v) is 1.63. The second-order valence-corrected chi connectivity index (χ2v) is 2.50. The summed E-state index contributed by atoms with van der Waals surface area (Å²) in [6.45, 7) is 2.70. The average molecular weight is 149 g/mol. The van der Waals surface area contributed by atoms with Crippen molar-refractivity contribution in [1.29, 1.82) is 0 Å². The van der Waals surface area contributed by atoms with Crippen LogP contribution in [0.3, 0.4) is 0 Å². The van der Waals surface area contributed by atoms with Gasteiger partial charge in [-0.05, 0) is 18.1 Å². The van der Waals surface area contributed by atoms with Crippen LogP contribution in [0.1, 0.15) is 11.1 Å². The largest absolute Gasteiger partial charge is 0.414 e. The normalized spacial score (nSPS) is 9.80. The van der Waals surface area contributed by atoms with E-state index < -0.39 is 0 Å². The van der Waals surface area contributed by atoms with Gasteiger partial charge in [-0.3, -0.25) is 0 Å². The molecule has 0 N–H and O–H groups in total. The van der Waals surface area contributed by atoms with E-state index in [-0.39, 0.29) is 0 Å². The van der Waals surface area contributed by atoms with Crippen LogP contribution in [0.25, 0.3) is 0 Å². The van der Waals surface area contributed by atoms with E-state index in [1.807, 2.05) is 12.1 Å². The first kappa shape index (κ1) is 7.50. The number of hydrogen-bond donors (Lipinski definition) is 0. The smallest absolute Gasteiger partial charge is 0.246 e. The van der Waals surface area contributed by atoms with E-state index in [1.54, 1.807) is 0 Å². The van der Waals surface area contributed by atoms with Gasteiger partial charge >= 0.3 is 0 Å². The fraction of sp³-hybridized carbons (Fsp3) is 0.250. The lowest BCUT2D eigenvalue weighted by molar-refractivity contribution is 0.337. The highest BCUT2D eigenvalue weighted by molar-refractivity contribution is 5.97. The summed E-state index contributed by atoms with van der Waals surface area (Å²) in [5.74, 6) is 0. The Bertz CT molecular complexity index is 210. The molecule has 0 spiro atoms. The van der Waals surface area contributed by atoms with Gasteiger partial charge in [0.25, 0.3) is 0 Å². The number of aryl methyl sites for hydroxylation is 1. The molecular weight excluding hydrogens is 140 g/mol. The Kier molecular flexibility index (Phi) is 2.65. The average Bonchev–Trinajstić information content (AvgIpc) is 1.94. The summed E-state index contributed by atoms with van der Waals surface area (Å²) < 4.78 is 4.81. The van der Waals surface area contributed by atoms with E-state index in [0.717, 1.165) is 0 Å². The third kappa shape index (κ3) is 1.69. The molecule has 0 amide bonds. The SMILES string of the molecule is Cc1ccccc1CO[Si]. The van der Waals surface area contributed by atoms with Gasteiger partial charge in [-0.15, -0.1) is 0 Å². The molecule has 3 radical (unpaired) electrons. The zero-order valence-electron chi connectivity index (χ0n) is 5.92. The summed E-state index contributed by atoms with van der Waals surface area (Å²) in [4.78, 5) is 0. The molecule has 0 saturated carbocycles. The van der Waals surface area contributed by atoms with Crippen LogP contribution in [0.2, 0.25) is 0 Å². The summed E-state index contributed by atoms with van der Waals surface area (Å²) in [6, 6.07) is 8.15.